The summed E-state index contributed by atoms with van der Waals surface area (Å²) in [5.41, 5.74) is 0. The van der Waals surface area contributed by atoms with Crippen LogP contribution in [0.5, 0.6) is 0 Å². The topological polar surface area (TPSA) is 0 Å². The highest BCUT2D eigenvalue weighted by Crippen LogP contribution is 2.22. The van der Waals surface area contributed by atoms with Crippen molar-refractivity contribution in [2.24, 2.45) is 0 Å². The summed E-state index contributed by atoms with van der Waals surface area (Å²) in [5, 5.41) is 0. The molecule has 0 aliphatic rings. The summed E-state index contributed by atoms with van der Waals surface area (Å²) < 4.78 is 0. The maximum Gasteiger partial charge on any atom is 0.0437 e. The molecule has 0 N–H and O–H groups in total. The number of hydrogen-bond acceptors (Lipinski definition) is 0. The molecule has 0 unspecified atom stereocenters. The quantitative estimate of drug-likeness (QED) is 0.572. The molecular weight excluding hydrogens is 152 g/mol. The minimum atomic E-state index is -0.693. The third-order valence-corrected chi connectivity index (χ3v) is 18.8. The highest BCUT2D eigenvalue weighted by molar-refractivity contribution is 7.32. The summed E-state index contributed by atoms with van der Waals surface area (Å²) in [6.45, 7) is 12.2. The Morgan fingerprint density at radius 3 is 1.20 bits per heavy atom. The molecular formula is C8H21Si2. The third-order valence-electron chi connectivity index (χ3n) is 3.09. The Morgan fingerprint density at radius 1 is 0.900 bits per heavy atom. The molecule has 0 spiro atoms. The zero-order valence-electron chi connectivity index (χ0n) is 8.12. The van der Waals surface area contributed by atoms with E-state index in [1.807, 2.05) is 0 Å². The van der Waals surface area contributed by atoms with Crippen molar-refractivity contribution in [2.45, 2.75) is 52.0 Å². The van der Waals surface area contributed by atoms with E-state index >= 15 is 0 Å². The first-order valence-corrected chi connectivity index (χ1v) is 10.6. The van der Waals surface area contributed by atoms with Crippen molar-refractivity contribution in [3.05, 3.63) is 0 Å². The van der Waals surface area contributed by atoms with Gasteiger partial charge in [-0.15, -0.1) is 0 Å². The van der Waals surface area contributed by atoms with Crippen LogP contribution < -0.4 is 0 Å². The van der Waals surface area contributed by atoms with Gasteiger partial charge in [-0.1, -0.05) is 52.0 Å². The molecule has 0 fully saturated rings. The monoisotopic (exact) mass is 173 g/mol. The van der Waals surface area contributed by atoms with Crippen molar-refractivity contribution < 1.29 is 0 Å². The van der Waals surface area contributed by atoms with Crippen molar-refractivity contribution in [1.29, 1.82) is 0 Å². The van der Waals surface area contributed by atoms with Crippen molar-refractivity contribution in [1.82, 2.24) is 0 Å². The zero-order chi connectivity index (χ0) is 8.20. The van der Waals surface area contributed by atoms with Gasteiger partial charge in [0.05, 0.1) is 0 Å². The van der Waals surface area contributed by atoms with Crippen LogP contribution >= 0.6 is 0 Å². The van der Waals surface area contributed by atoms with E-state index in [4.69, 9.17) is 0 Å². The zero-order valence-corrected chi connectivity index (χ0v) is 10.1. The second-order valence-electron chi connectivity index (χ2n) is 3.34. The van der Waals surface area contributed by atoms with Gasteiger partial charge in [0.1, 0.15) is 0 Å². The first-order chi connectivity index (χ1) is 4.63. The molecule has 0 bridgehead atoms. The Hall–Kier alpha value is 0.434. The van der Waals surface area contributed by atoms with Crippen molar-refractivity contribution in [2.75, 3.05) is 0 Å². The maximum atomic E-state index is 2.51. The largest absolute Gasteiger partial charge is 0.0733 e. The lowest BCUT2D eigenvalue weighted by molar-refractivity contribution is 1.21. The molecule has 0 saturated carbocycles. The smallest absolute Gasteiger partial charge is 0.0437 e. The van der Waals surface area contributed by atoms with Gasteiger partial charge in [0, 0.05) is 15.9 Å². The minimum absolute atomic E-state index is 0.0540. The second kappa shape index (κ2) is 4.34. The van der Waals surface area contributed by atoms with Gasteiger partial charge in [-0.2, -0.15) is 0 Å². The number of hydrogen-bond donors (Lipinski definition) is 0. The van der Waals surface area contributed by atoms with Gasteiger partial charge in [0.25, 0.3) is 0 Å². The fourth-order valence-electron chi connectivity index (χ4n) is 1.81. The predicted octanol–water partition coefficient (Wildman–Crippen LogP) is 3.33. The summed E-state index contributed by atoms with van der Waals surface area (Å²) in [6, 6.07) is 4.55. The van der Waals surface area contributed by atoms with E-state index in [9.17, 15) is 0 Å². The van der Waals surface area contributed by atoms with E-state index in [2.05, 4.69) is 33.9 Å². The molecule has 0 saturated heterocycles. The maximum absolute atomic E-state index is 2.51. The lowest BCUT2D eigenvalue weighted by Crippen LogP contribution is -2.45. The molecule has 0 heterocycles. The lowest BCUT2D eigenvalue weighted by Gasteiger charge is -2.31. The average molecular weight is 173 g/mol. The third kappa shape index (κ3) is 1.96. The Morgan fingerprint density at radius 2 is 1.20 bits per heavy atom. The summed E-state index contributed by atoms with van der Waals surface area (Å²) in [4.78, 5) is 0. The van der Waals surface area contributed by atoms with Gasteiger partial charge in [-0.05, 0) is 0 Å². The first-order valence-electron chi connectivity index (χ1n) is 4.43. The van der Waals surface area contributed by atoms with Crippen LogP contribution in [0.15, 0.2) is 0 Å². The van der Waals surface area contributed by atoms with Crippen LogP contribution in [0, 0.1) is 0 Å². The Balaban J connectivity index is 4.15. The van der Waals surface area contributed by atoms with Crippen LogP contribution in [-0.4, -0.2) is 15.9 Å². The summed E-state index contributed by atoms with van der Waals surface area (Å²) in [7, 11) is -0.639. The van der Waals surface area contributed by atoms with Gasteiger partial charge in [0.2, 0.25) is 0 Å². The molecule has 2 heteroatoms. The van der Waals surface area contributed by atoms with Crippen molar-refractivity contribution in [3.63, 3.8) is 0 Å². The fraction of sp³-hybridized carbons (Fsp3) is 1.00. The summed E-state index contributed by atoms with van der Waals surface area (Å²) >= 11 is 0. The summed E-state index contributed by atoms with van der Waals surface area (Å²) in [6.07, 6.45) is 0. The van der Waals surface area contributed by atoms with Crippen molar-refractivity contribution >= 4 is 15.9 Å². The van der Waals surface area contributed by atoms with E-state index in [0.717, 1.165) is 0 Å². The molecule has 0 aromatic carbocycles. The molecule has 10 heavy (non-hydrogen) atoms. The molecule has 0 rings (SSSR count). The van der Waals surface area contributed by atoms with E-state index in [1.54, 1.807) is 0 Å². The van der Waals surface area contributed by atoms with E-state index < -0.39 is 7.59 Å². The molecule has 0 amide bonds. The van der Waals surface area contributed by atoms with Crippen molar-refractivity contribution in [3.8, 4) is 0 Å². The molecule has 0 aliphatic heterocycles. The van der Waals surface area contributed by atoms with Gasteiger partial charge in [0.15, 0.2) is 0 Å². The van der Waals surface area contributed by atoms with Crippen LogP contribution in [0.25, 0.3) is 0 Å². The van der Waals surface area contributed by atoms with Gasteiger partial charge < -0.3 is 0 Å². The summed E-state index contributed by atoms with van der Waals surface area (Å²) in [5.74, 6) is 0. The molecule has 0 aromatic rings. The van der Waals surface area contributed by atoms with E-state index in [1.165, 1.54) is 18.1 Å². The highest BCUT2D eigenvalue weighted by Gasteiger charge is 2.30. The van der Waals surface area contributed by atoms with Crippen LogP contribution in [-0.2, 0) is 0 Å². The first kappa shape index (κ1) is 10.4. The van der Waals surface area contributed by atoms with Gasteiger partial charge in [-0.3, -0.25) is 0 Å². The second-order valence-corrected chi connectivity index (χ2v) is 16.2. The molecule has 0 aromatic heterocycles. The highest BCUT2D eigenvalue weighted by atomic mass is 29.2. The molecule has 0 aliphatic carbocycles. The standard InChI is InChI=1S/C8H21Si2/c1-6-10(7-2,8-3)9(4)5/h6-8H2,1-5H3. The van der Waals surface area contributed by atoms with Gasteiger partial charge in [-0.25, -0.2) is 0 Å². The SMILES string of the molecule is CC[Si](CC)(CC)[Si](C)C. The van der Waals surface area contributed by atoms with Gasteiger partial charge >= 0.3 is 0 Å². The average Bonchev–Trinajstić information content (AvgIpc) is 1.92. The molecule has 61 valence electrons. The predicted molar refractivity (Wildman–Crippen MR) is 54.7 cm³/mol. The minimum Gasteiger partial charge on any atom is -0.0733 e. The van der Waals surface area contributed by atoms with Crippen LogP contribution in [0.1, 0.15) is 20.8 Å². The van der Waals surface area contributed by atoms with Crippen LogP contribution in [0.4, 0.5) is 0 Å². The fourth-order valence-corrected chi connectivity index (χ4v) is 11.8. The molecule has 0 atom stereocenters. The molecule has 1 radical (unpaired) electrons. The Kier molecular flexibility index (Phi) is 4.53. The van der Waals surface area contributed by atoms with Crippen LogP contribution in [0.2, 0.25) is 31.2 Å². The van der Waals surface area contributed by atoms with Crippen LogP contribution in [0.3, 0.4) is 0 Å². The van der Waals surface area contributed by atoms with E-state index in [0.29, 0.717) is 0 Å². The Labute approximate surface area is 68.4 Å². The number of rotatable bonds is 4. The normalized spacial score (nSPS) is 12.6. The Bertz CT molecular complexity index is 77.0. The molecule has 0 nitrogen and oxygen atoms in total. The van der Waals surface area contributed by atoms with E-state index in [-0.39, 0.29) is 8.31 Å². The lowest BCUT2D eigenvalue weighted by atomic mass is 10.9.